The number of rotatable bonds is 8. The van der Waals surface area contributed by atoms with Gasteiger partial charge in [-0.05, 0) is 31.5 Å². The zero-order chi connectivity index (χ0) is 19.8. The fraction of sp³-hybridized carbons (Fsp3) is 0.435. The highest BCUT2D eigenvalue weighted by Crippen LogP contribution is 2.29. The zero-order valence-corrected chi connectivity index (χ0v) is 17.5. The van der Waals surface area contributed by atoms with E-state index in [4.69, 9.17) is 9.47 Å². The van der Waals surface area contributed by atoms with Crippen LogP contribution in [0.25, 0.3) is 0 Å². The molecule has 1 aliphatic rings. The molecule has 5 heteroatoms. The second kappa shape index (κ2) is 10.4. The standard InChI is InChI=1S/C23H29NO3S/c1-3-26-21-6-4-5-7-22(21)27-20-12-14-24(15-13-20)23(25)17-28-16-19-10-8-18(2)9-11-19/h4-11,20H,3,12-17H2,1-2H3. The molecule has 1 amide bonds. The summed E-state index contributed by atoms with van der Waals surface area (Å²) in [4.78, 5) is 14.5. The number of thioether (sulfide) groups is 1. The molecule has 0 aromatic heterocycles. The molecule has 150 valence electrons. The van der Waals surface area contributed by atoms with E-state index in [0.717, 1.165) is 43.2 Å². The molecule has 3 rings (SSSR count). The lowest BCUT2D eigenvalue weighted by molar-refractivity contribution is -0.130. The van der Waals surface area contributed by atoms with Gasteiger partial charge in [-0.25, -0.2) is 0 Å². The normalized spacial score (nSPS) is 14.7. The van der Waals surface area contributed by atoms with E-state index in [9.17, 15) is 4.79 Å². The second-order valence-corrected chi connectivity index (χ2v) is 8.04. The van der Waals surface area contributed by atoms with Crippen LogP contribution >= 0.6 is 11.8 Å². The van der Waals surface area contributed by atoms with Gasteiger partial charge in [-0.3, -0.25) is 4.79 Å². The highest BCUT2D eigenvalue weighted by molar-refractivity contribution is 7.99. The topological polar surface area (TPSA) is 38.8 Å². The molecular formula is C23H29NO3S. The number of carbonyl (C=O) groups excluding carboxylic acids is 1. The first kappa shape index (κ1) is 20.6. The van der Waals surface area contributed by atoms with Crippen LogP contribution in [0.2, 0.25) is 0 Å². The summed E-state index contributed by atoms with van der Waals surface area (Å²) in [5.41, 5.74) is 2.53. The zero-order valence-electron chi connectivity index (χ0n) is 16.7. The van der Waals surface area contributed by atoms with Crippen LogP contribution in [-0.2, 0) is 10.5 Å². The molecular weight excluding hydrogens is 370 g/mol. The molecule has 1 heterocycles. The maximum Gasteiger partial charge on any atom is 0.232 e. The predicted octanol–water partition coefficient (Wildman–Crippen LogP) is 4.70. The van der Waals surface area contributed by atoms with Gasteiger partial charge >= 0.3 is 0 Å². The number of ether oxygens (including phenoxy) is 2. The summed E-state index contributed by atoms with van der Waals surface area (Å²) in [5.74, 6) is 3.22. The quantitative estimate of drug-likeness (QED) is 0.645. The highest BCUT2D eigenvalue weighted by atomic mass is 32.2. The number of nitrogens with zero attached hydrogens (tertiary/aromatic N) is 1. The van der Waals surface area contributed by atoms with Crippen molar-refractivity contribution in [1.29, 1.82) is 0 Å². The van der Waals surface area contributed by atoms with Crippen molar-refractivity contribution in [2.24, 2.45) is 0 Å². The Labute approximate surface area is 172 Å². The van der Waals surface area contributed by atoms with E-state index >= 15 is 0 Å². The van der Waals surface area contributed by atoms with Crippen molar-refractivity contribution >= 4 is 17.7 Å². The first-order chi connectivity index (χ1) is 13.7. The largest absolute Gasteiger partial charge is 0.490 e. The number of benzene rings is 2. The van der Waals surface area contributed by atoms with Crippen molar-refractivity contribution in [2.45, 2.75) is 38.5 Å². The average Bonchev–Trinajstić information content (AvgIpc) is 2.71. The summed E-state index contributed by atoms with van der Waals surface area (Å²) in [6, 6.07) is 16.3. The highest BCUT2D eigenvalue weighted by Gasteiger charge is 2.24. The molecule has 0 atom stereocenters. The molecule has 0 N–H and O–H groups in total. The van der Waals surface area contributed by atoms with Crippen molar-refractivity contribution in [3.05, 3.63) is 59.7 Å². The van der Waals surface area contributed by atoms with Crippen molar-refractivity contribution in [3.63, 3.8) is 0 Å². The van der Waals surface area contributed by atoms with Crippen LogP contribution in [0.3, 0.4) is 0 Å². The summed E-state index contributed by atoms with van der Waals surface area (Å²) in [5, 5.41) is 0. The molecule has 2 aromatic carbocycles. The number of piperidine rings is 1. The monoisotopic (exact) mass is 399 g/mol. The number of likely N-dealkylation sites (tertiary alicyclic amines) is 1. The summed E-state index contributed by atoms with van der Waals surface area (Å²) in [6.45, 7) is 6.19. The van der Waals surface area contributed by atoms with Gasteiger partial charge in [0.2, 0.25) is 5.91 Å². The van der Waals surface area contributed by atoms with Gasteiger partial charge in [0.15, 0.2) is 11.5 Å². The van der Waals surface area contributed by atoms with Crippen LogP contribution in [0.15, 0.2) is 48.5 Å². The van der Waals surface area contributed by atoms with Crippen LogP contribution < -0.4 is 9.47 Å². The molecule has 1 saturated heterocycles. The maximum absolute atomic E-state index is 12.5. The number of hydrogen-bond donors (Lipinski definition) is 0. The Bertz CT molecular complexity index is 755. The summed E-state index contributed by atoms with van der Waals surface area (Å²) in [7, 11) is 0. The first-order valence-electron chi connectivity index (χ1n) is 9.95. The fourth-order valence-corrected chi connectivity index (χ4v) is 4.14. The Kier molecular flexibility index (Phi) is 7.66. The lowest BCUT2D eigenvalue weighted by Crippen LogP contribution is -2.42. The molecule has 1 fully saturated rings. The number of aryl methyl sites for hydroxylation is 1. The van der Waals surface area contributed by atoms with Crippen LogP contribution in [0, 0.1) is 6.92 Å². The van der Waals surface area contributed by atoms with Gasteiger partial charge in [0.1, 0.15) is 6.10 Å². The molecule has 4 nitrogen and oxygen atoms in total. The summed E-state index contributed by atoms with van der Waals surface area (Å²) < 4.78 is 11.8. The van der Waals surface area contributed by atoms with Gasteiger partial charge in [0.25, 0.3) is 0 Å². The van der Waals surface area contributed by atoms with E-state index < -0.39 is 0 Å². The van der Waals surface area contributed by atoms with Crippen molar-refractivity contribution in [3.8, 4) is 11.5 Å². The Morgan fingerprint density at radius 2 is 1.75 bits per heavy atom. The molecule has 0 radical (unpaired) electrons. The van der Waals surface area contributed by atoms with Crippen molar-refractivity contribution < 1.29 is 14.3 Å². The third-order valence-electron chi connectivity index (χ3n) is 4.85. The van der Waals surface area contributed by atoms with Crippen LogP contribution in [0.4, 0.5) is 0 Å². The van der Waals surface area contributed by atoms with Gasteiger partial charge < -0.3 is 14.4 Å². The Hall–Kier alpha value is -2.14. The molecule has 28 heavy (non-hydrogen) atoms. The number of amides is 1. The summed E-state index contributed by atoms with van der Waals surface area (Å²) in [6.07, 6.45) is 1.84. The lowest BCUT2D eigenvalue weighted by Gasteiger charge is -2.32. The van der Waals surface area contributed by atoms with E-state index in [0.29, 0.717) is 12.4 Å². The minimum Gasteiger partial charge on any atom is -0.490 e. The third kappa shape index (κ3) is 5.93. The van der Waals surface area contributed by atoms with Crippen LogP contribution in [-0.4, -0.2) is 42.4 Å². The molecule has 0 saturated carbocycles. The Balaban J connectivity index is 1.41. The SMILES string of the molecule is CCOc1ccccc1OC1CCN(C(=O)CSCc2ccc(C)cc2)CC1. The average molecular weight is 400 g/mol. The number of carbonyl (C=O) groups is 1. The molecule has 1 aliphatic heterocycles. The first-order valence-corrected chi connectivity index (χ1v) is 11.1. The van der Waals surface area contributed by atoms with E-state index in [2.05, 4.69) is 31.2 Å². The molecule has 0 aliphatic carbocycles. The Morgan fingerprint density at radius 1 is 1.07 bits per heavy atom. The smallest absolute Gasteiger partial charge is 0.232 e. The van der Waals surface area contributed by atoms with Gasteiger partial charge in [0.05, 0.1) is 12.4 Å². The lowest BCUT2D eigenvalue weighted by atomic mass is 10.1. The molecule has 2 aromatic rings. The van der Waals surface area contributed by atoms with Crippen molar-refractivity contribution in [2.75, 3.05) is 25.4 Å². The van der Waals surface area contributed by atoms with E-state index in [-0.39, 0.29) is 12.0 Å². The van der Waals surface area contributed by atoms with Gasteiger partial charge in [-0.15, -0.1) is 11.8 Å². The minimum absolute atomic E-state index is 0.130. The van der Waals surface area contributed by atoms with E-state index in [1.54, 1.807) is 11.8 Å². The predicted molar refractivity (Wildman–Crippen MR) is 115 cm³/mol. The molecule has 0 unspecified atom stereocenters. The number of hydrogen-bond acceptors (Lipinski definition) is 4. The van der Waals surface area contributed by atoms with Gasteiger partial charge in [0, 0.05) is 31.7 Å². The van der Waals surface area contributed by atoms with Crippen molar-refractivity contribution in [1.82, 2.24) is 4.90 Å². The van der Waals surface area contributed by atoms with Gasteiger partial charge in [-0.2, -0.15) is 0 Å². The second-order valence-electron chi connectivity index (χ2n) is 7.06. The molecule has 0 spiro atoms. The molecule has 0 bridgehead atoms. The fourth-order valence-electron chi connectivity index (χ4n) is 3.26. The van der Waals surface area contributed by atoms with E-state index in [1.165, 1.54) is 11.1 Å². The van der Waals surface area contributed by atoms with Crippen LogP contribution in [0.5, 0.6) is 11.5 Å². The van der Waals surface area contributed by atoms with E-state index in [1.807, 2.05) is 36.1 Å². The van der Waals surface area contributed by atoms with Crippen LogP contribution in [0.1, 0.15) is 30.9 Å². The Morgan fingerprint density at radius 3 is 2.43 bits per heavy atom. The number of para-hydroxylation sites is 2. The van der Waals surface area contributed by atoms with Gasteiger partial charge in [-0.1, -0.05) is 42.0 Å². The third-order valence-corrected chi connectivity index (χ3v) is 5.84. The minimum atomic E-state index is 0.130. The summed E-state index contributed by atoms with van der Waals surface area (Å²) >= 11 is 1.69. The maximum atomic E-state index is 12.5.